The lowest BCUT2D eigenvalue weighted by Crippen LogP contribution is -2.09. The molecule has 0 atom stereocenters. The Kier molecular flexibility index (Phi) is 6.49. The van der Waals surface area contributed by atoms with Crippen molar-refractivity contribution in [2.24, 2.45) is 0 Å². The molecule has 110 valence electrons. The van der Waals surface area contributed by atoms with E-state index >= 15 is 0 Å². The molecular weight excluding hydrogens is 264 g/mol. The maximum atomic E-state index is 11.6. The summed E-state index contributed by atoms with van der Waals surface area (Å²) < 4.78 is 10.4. The fourth-order valence-electron chi connectivity index (χ4n) is 1.99. The molecule has 0 aliphatic rings. The van der Waals surface area contributed by atoms with Crippen LogP contribution in [0.5, 0.6) is 0 Å². The Morgan fingerprint density at radius 2 is 1.52 bits per heavy atom. The van der Waals surface area contributed by atoms with Crippen molar-refractivity contribution in [3.05, 3.63) is 71.8 Å². The minimum absolute atomic E-state index is 0.0130. The van der Waals surface area contributed by atoms with E-state index in [0.717, 1.165) is 19.3 Å². The summed E-state index contributed by atoms with van der Waals surface area (Å²) in [6, 6.07) is 19.3. The second kappa shape index (κ2) is 8.93. The minimum Gasteiger partial charge on any atom is -0.435 e. The molecule has 2 aromatic rings. The highest BCUT2D eigenvalue weighted by Gasteiger charge is 2.04. The Bertz CT molecular complexity index is 523. The van der Waals surface area contributed by atoms with Crippen molar-refractivity contribution in [1.29, 1.82) is 0 Å². The average Bonchev–Trinajstić information content (AvgIpc) is 2.55. The van der Waals surface area contributed by atoms with Crippen LogP contribution in [0, 0.1) is 0 Å². The standard InChI is InChI=1S/C18H20O3/c19-18(17-12-5-2-6-13-17)21-15-20-14-8-7-11-16-9-3-1-4-10-16/h1-6,9-10,12-13H,7-8,11,14-15H2. The van der Waals surface area contributed by atoms with Crippen molar-refractivity contribution < 1.29 is 14.3 Å². The van der Waals surface area contributed by atoms with Crippen LogP contribution in [0.1, 0.15) is 28.8 Å². The van der Waals surface area contributed by atoms with Gasteiger partial charge in [-0.3, -0.25) is 0 Å². The Balaban J connectivity index is 1.51. The molecule has 0 aliphatic carbocycles. The van der Waals surface area contributed by atoms with Crippen molar-refractivity contribution in [3.63, 3.8) is 0 Å². The zero-order valence-corrected chi connectivity index (χ0v) is 12.0. The first-order valence-corrected chi connectivity index (χ1v) is 7.20. The van der Waals surface area contributed by atoms with Gasteiger partial charge in [-0.15, -0.1) is 0 Å². The number of carbonyl (C=O) groups excluding carboxylic acids is 1. The molecule has 2 aromatic carbocycles. The first-order chi connectivity index (χ1) is 10.4. The summed E-state index contributed by atoms with van der Waals surface area (Å²) in [5.41, 5.74) is 1.89. The van der Waals surface area contributed by atoms with Gasteiger partial charge in [0.05, 0.1) is 12.2 Å². The van der Waals surface area contributed by atoms with Crippen LogP contribution in [0.2, 0.25) is 0 Å². The maximum absolute atomic E-state index is 11.6. The lowest BCUT2D eigenvalue weighted by molar-refractivity contribution is -0.0322. The summed E-state index contributed by atoms with van der Waals surface area (Å²) in [6.45, 7) is 0.619. The lowest BCUT2D eigenvalue weighted by Gasteiger charge is -2.06. The van der Waals surface area contributed by atoms with Crippen LogP contribution >= 0.6 is 0 Å². The molecular formula is C18H20O3. The number of rotatable bonds is 8. The van der Waals surface area contributed by atoms with Crippen molar-refractivity contribution >= 4 is 5.97 Å². The van der Waals surface area contributed by atoms with E-state index in [1.807, 2.05) is 12.1 Å². The van der Waals surface area contributed by atoms with Crippen LogP contribution in [0.3, 0.4) is 0 Å². The van der Waals surface area contributed by atoms with Crippen LogP contribution in [0.4, 0.5) is 0 Å². The second-order valence-electron chi connectivity index (χ2n) is 4.77. The van der Waals surface area contributed by atoms with Gasteiger partial charge in [0, 0.05) is 0 Å². The number of benzene rings is 2. The highest BCUT2D eigenvalue weighted by Crippen LogP contribution is 2.05. The predicted octanol–water partition coefficient (Wildman–Crippen LogP) is 3.84. The van der Waals surface area contributed by atoms with E-state index in [0.29, 0.717) is 12.2 Å². The van der Waals surface area contributed by atoms with E-state index in [1.54, 1.807) is 24.3 Å². The molecule has 3 nitrogen and oxygen atoms in total. The fraction of sp³-hybridized carbons (Fsp3) is 0.278. The molecule has 0 amide bonds. The summed E-state index contributed by atoms with van der Waals surface area (Å²) >= 11 is 0. The van der Waals surface area contributed by atoms with Crippen molar-refractivity contribution in [3.8, 4) is 0 Å². The monoisotopic (exact) mass is 284 g/mol. The van der Waals surface area contributed by atoms with Gasteiger partial charge in [-0.05, 0) is 37.0 Å². The number of esters is 1. The van der Waals surface area contributed by atoms with Gasteiger partial charge in [-0.1, -0.05) is 48.5 Å². The molecule has 21 heavy (non-hydrogen) atoms. The Morgan fingerprint density at radius 3 is 2.24 bits per heavy atom. The summed E-state index contributed by atoms with van der Waals surface area (Å²) in [6.07, 6.45) is 3.07. The van der Waals surface area contributed by atoms with E-state index in [2.05, 4.69) is 24.3 Å². The molecule has 0 saturated heterocycles. The molecule has 0 saturated carbocycles. The summed E-state index contributed by atoms with van der Waals surface area (Å²) in [5, 5.41) is 0. The summed E-state index contributed by atoms with van der Waals surface area (Å²) in [7, 11) is 0. The van der Waals surface area contributed by atoms with Gasteiger partial charge in [0.25, 0.3) is 0 Å². The molecule has 0 aliphatic heterocycles. The third-order valence-electron chi connectivity index (χ3n) is 3.13. The molecule has 0 aromatic heterocycles. The number of unbranched alkanes of at least 4 members (excludes halogenated alkanes) is 1. The minimum atomic E-state index is -0.347. The molecule has 0 radical (unpaired) electrons. The second-order valence-corrected chi connectivity index (χ2v) is 4.77. The molecule has 0 N–H and O–H groups in total. The maximum Gasteiger partial charge on any atom is 0.340 e. The summed E-state index contributed by atoms with van der Waals surface area (Å²) in [4.78, 5) is 11.6. The van der Waals surface area contributed by atoms with Gasteiger partial charge in [-0.2, -0.15) is 0 Å². The van der Waals surface area contributed by atoms with Crippen molar-refractivity contribution in [2.75, 3.05) is 13.4 Å². The van der Waals surface area contributed by atoms with Crippen LogP contribution in [0.25, 0.3) is 0 Å². The van der Waals surface area contributed by atoms with E-state index in [1.165, 1.54) is 5.56 Å². The average molecular weight is 284 g/mol. The van der Waals surface area contributed by atoms with Crippen LogP contribution in [-0.4, -0.2) is 19.4 Å². The third-order valence-corrected chi connectivity index (χ3v) is 3.13. The zero-order valence-electron chi connectivity index (χ0n) is 12.0. The number of hydrogen-bond acceptors (Lipinski definition) is 3. The SMILES string of the molecule is O=C(OCOCCCCc1ccccc1)c1ccccc1. The van der Waals surface area contributed by atoms with Gasteiger partial charge in [0.2, 0.25) is 0 Å². The normalized spacial score (nSPS) is 10.3. The molecule has 0 bridgehead atoms. The third kappa shape index (κ3) is 5.79. The Labute approximate surface area is 125 Å². The van der Waals surface area contributed by atoms with Gasteiger partial charge in [0.15, 0.2) is 6.79 Å². The Morgan fingerprint density at radius 1 is 0.857 bits per heavy atom. The molecule has 0 spiro atoms. The first kappa shape index (κ1) is 15.3. The fourth-order valence-corrected chi connectivity index (χ4v) is 1.99. The smallest absolute Gasteiger partial charge is 0.340 e. The van der Waals surface area contributed by atoms with Gasteiger partial charge < -0.3 is 9.47 Å². The quantitative estimate of drug-likeness (QED) is 0.420. The number of ether oxygens (including phenoxy) is 2. The van der Waals surface area contributed by atoms with Gasteiger partial charge >= 0.3 is 5.97 Å². The molecule has 0 heterocycles. The molecule has 3 heteroatoms. The topological polar surface area (TPSA) is 35.5 Å². The lowest BCUT2D eigenvalue weighted by atomic mass is 10.1. The number of hydrogen-bond donors (Lipinski definition) is 0. The van der Waals surface area contributed by atoms with E-state index in [9.17, 15) is 4.79 Å². The van der Waals surface area contributed by atoms with Crippen LogP contribution < -0.4 is 0 Å². The van der Waals surface area contributed by atoms with Gasteiger partial charge in [0.1, 0.15) is 0 Å². The van der Waals surface area contributed by atoms with E-state index < -0.39 is 0 Å². The highest BCUT2D eigenvalue weighted by molar-refractivity contribution is 5.89. The van der Waals surface area contributed by atoms with E-state index in [4.69, 9.17) is 9.47 Å². The first-order valence-electron chi connectivity index (χ1n) is 7.20. The van der Waals surface area contributed by atoms with E-state index in [-0.39, 0.29) is 12.8 Å². The van der Waals surface area contributed by atoms with Crippen LogP contribution in [0.15, 0.2) is 60.7 Å². The predicted molar refractivity (Wildman–Crippen MR) is 82.1 cm³/mol. The molecule has 0 unspecified atom stereocenters. The largest absolute Gasteiger partial charge is 0.435 e. The highest BCUT2D eigenvalue weighted by atomic mass is 16.7. The zero-order chi connectivity index (χ0) is 14.8. The van der Waals surface area contributed by atoms with Gasteiger partial charge in [-0.25, -0.2) is 4.79 Å². The molecule has 2 rings (SSSR count). The van der Waals surface area contributed by atoms with Crippen molar-refractivity contribution in [2.45, 2.75) is 19.3 Å². The molecule has 0 fully saturated rings. The van der Waals surface area contributed by atoms with Crippen molar-refractivity contribution in [1.82, 2.24) is 0 Å². The summed E-state index contributed by atoms with van der Waals surface area (Å²) in [5.74, 6) is -0.347. The number of carbonyl (C=O) groups is 1. The Hall–Kier alpha value is -2.13. The number of aryl methyl sites for hydroxylation is 1. The van der Waals surface area contributed by atoms with Crippen LogP contribution in [-0.2, 0) is 15.9 Å².